The fraction of sp³-hybridized carbons (Fsp3) is 0.250. The first kappa shape index (κ1) is 11.1. The van der Waals surface area contributed by atoms with E-state index in [-0.39, 0.29) is 6.61 Å². The summed E-state index contributed by atoms with van der Waals surface area (Å²) in [6.07, 6.45) is 0.679. The number of benzene rings is 1. The largest absolute Gasteiger partial charge is 0.399 e. The normalized spacial score (nSPS) is 10.6. The number of rotatable bonds is 3. The molecule has 0 unspecified atom stereocenters. The van der Waals surface area contributed by atoms with Crippen molar-refractivity contribution < 1.29 is 5.11 Å². The number of nitrogens with two attached hydrogens (primary N) is 1. The molecule has 0 amide bonds. The predicted octanol–water partition coefficient (Wildman–Crippen LogP) is 2.24. The van der Waals surface area contributed by atoms with Gasteiger partial charge in [-0.3, -0.25) is 0 Å². The van der Waals surface area contributed by atoms with Gasteiger partial charge in [0.2, 0.25) is 0 Å². The average molecular weight is 234 g/mol. The zero-order valence-corrected chi connectivity index (χ0v) is 9.92. The van der Waals surface area contributed by atoms with Crippen molar-refractivity contribution in [1.82, 2.24) is 4.98 Å². The molecule has 0 aliphatic rings. The molecule has 0 atom stereocenters. The number of hydrogen-bond acceptors (Lipinski definition) is 4. The molecule has 4 heteroatoms. The molecule has 0 fully saturated rings. The van der Waals surface area contributed by atoms with Gasteiger partial charge in [0, 0.05) is 29.2 Å². The van der Waals surface area contributed by atoms with Crippen LogP contribution in [0.1, 0.15) is 10.6 Å². The maximum atomic E-state index is 8.92. The lowest BCUT2D eigenvalue weighted by Crippen LogP contribution is -1.88. The number of aliphatic hydroxyl groups excluding tert-OH is 1. The highest BCUT2D eigenvalue weighted by molar-refractivity contribution is 7.15. The minimum Gasteiger partial charge on any atom is -0.399 e. The smallest absolute Gasteiger partial charge is 0.123 e. The van der Waals surface area contributed by atoms with E-state index >= 15 is 0 Å². The van der Waals surface area contributed by atoms with Crippen molar-refractivity contribution in [2.45, 2.75) is 13.3 Å². The van der Waals surface area contributed by atoms with Gasteiger partial charge in [0.25, 0.3) is 0 Å². The molecule has 0 aliphatic heterocycles. The summed E-state index contributed by atoms with van der Waals surface area (Å²) in [5.74, 6) is 0. The van der Waals surface area contributed by atoms with Crippen molar-refractivity contribution in [2.75, 3.05) is 12.3 Å². The number of aryl methyl sites for hydroxylation is 1. The Labute approximate surface area is 98.6 Å². The van der Waals surface area contributed by atoms with E-state index in [2.05, 4.69) is 4.98 Å². The van der Waals surface area contributed by atoms with Crippen LogP contribution in [0.4, 0.5) is 5.69 Å². The Balaban J connectivity index is 2.33. The SMILES string of the molecule is Cc1nc(-c2ccc(N)cc2)sc1CCO. The summed E-state index contributed by atoms with van der Waals surface area (Å²) in [6.45, 7) is 2.15. The molecule has 3 nitrogen and oxygen atoms in total. The zero-order valence-electron chi connectivity index (χ0n) is 9.10. The van der Waals surface area contributed by atoms with Crippen LogP contribution >= 0.6 is 11.3 Å². The van der Waals surface area contributed by atoms with Crippen LogP contribution in [0.3, 0.4) is 0 Å². The first-order chi connectivity index (χ1) is 7.70. The number of hydrogen-bond donors (Lipinski definition) is 2. The third-order valence-corrected chi connectivity index (χ3v) is 3.66. The second kappa shape index (κ2) is 4.63. The van der Waals surface area contributed by atoms with Crippen LogP contribution in [0.5, 0.6) is 0 Å². The number of thiazole rings is 1. The van der Waals surface area contributed by atoms with Gasteiger partial charge in [-0.1, -0.05) is 0 Å². The van der Waals surface area contributed by atoms with Gasteiger partial charge in [-0.15, -0.1) is 11.3 Å². The summed E-state index contributed by atoms with van der Waals surface area (Å²) in [5, 5.41) is 9.91. The lowest BCUT2D eigenvalue weighted by molar-refractivity contribution is 0.300. The van der Waals surface area contributed by atoms with Crippen LogP contribution in [0.2, 0.25) is 0 Å². The van der Waals surface area contributed by atoms with Gasteiger partial charge in [0.05, 0.1) is 5.69 Å². The molecule has 2 aromatic rings. The average Bonchev–Trinajstić information content (AvgIpc) is 2.62. The molecule has 1 heterocycles. The zero-order chi connectivity index (χ0) is 11.5. The van der Waals surface area contributed by atoms with Crippen LogP contribution in [-0.2, 0) is 6.42 Å². The second-order valence-electron chi connectivity index (χ2n) is 3.62. The molecular formula is C12H14N2OS. The highest BCUT2D eigenvalue weighted by Gasteiger charge is 2.08. The van der Waals surface area contributed by atoms with E-state index in [0.717, 1.165) is 26.8 Å². The molecule has 84 valence electrons. The Kier molecular flexibility index (Phi) is 3.22. The topological polar surface area (TPSA) is 59.1 Å². The van der Waals surface area contributed by atoms with Gasteiger partial charge in [0.15, 0.2) is 0 Å². The van der Waals surface area contributed by atoms with Crippen LogP contribution in [0.25, 0.3) is 10.6 Å². The summed E-state index contributed by atoms with van der Waals surface area (Å²) >= 11 is 1.63. The number of anilines is 1. The van der Waals surface area contributed by atoms with E-state index in [1.54, 1.807) is 11.3 Å². The van der Waals surface area contributed by atoms with E-state index in [1.807, 2.05) is 31.2 Å². The molecule has 0 spiro atoms. The standard InChI is InChI=1S/C12H14N2OS/c1-8-11(6-7-15)16-12(14-8)9-2-4-10(13)5-3-9/h2-5,15H,6-7,13H2,1H3. The maximum Gasteiger partial charge on any atom is 0.123 e. The third kappa shape index (κ3) is 2.23. The Morgan fingerprint density at radius 3 is 2.62 bits per heavy atom. The second-order valence-corrected chi connectivity index (χ2v) is 4.71. The number of nitrogen functional groups attached to an aromatic ring is 1. The summed E-state index contributed by atoms with van der Waals surface area (Å²) in [7, 11) is 0. The van der Waals surface area contributed by atoms with Gasteiger partial charge < -0.3 is 10.8 Å². The molecule has 2 rings (SSSR count). The maximum absolute atomic E-state index is 8.92. The van der Waals surface area contributed by atoms with Gasteiger partial charge >= 0.3 is 0 Å². The first-order valence-electron chi connectivity index (χ1n) is 5.14. The predicted molar refractivity (Wildman–Crippen MR) is 67.5 cm³/mol. The quantitative estimate of drug-likeness (QED) is 0.801. The Morgan fingerprint density at radius 2 is 2.00 bits per heavy atom. The van der Waals surface area contributed by atoms with Gasteiger partial charge in [0.1, 0.15) is 5.01 Å². The van der Waals surface area contributed by atoms with Crippen molar-refractivity contribution >= 4 is 17.0 Å². The lowest BCUT2D eigenvalue weighted by atomic mass is 10.2. The Bertz CT molecular complexity index is 476. The van der Waals surface area contributed by atoms with E-state index in [1.165, 1.54) is 0 Å². The minimum absolute atomic E-state index is 0.171. The van der Waals surface area contributed by atoms with E-state index in [9.17, 15) is 0 Å². The Morgan fingerprint density at radius 1 is 1.31 bits per heavy atom. The first-order valence-corrected chi connectivity index (χ1v) is 5.95. The molecule has 1 aromatic carbocycles. The minimum atomic E-state index is 0.171. The third-order valence-electron chi connectivity index (χ3n) is 2.39. The fourth-order valence-corrected chi connectivity index (χ4v) is 2.57. The summed E-state index contributed by atoms with van der Waals surface area (Å²) in [5.41, 5.74) is 8.48. The van der Waals surface area contributed by atoms with Crippen LogP contribution in [0.15, 0.2) is 24.3 Å². The number of aliphatic hydroxyl groups is 1. The summed E-state index contributed by atoms with van der Waals surface area (Å²) in [6, 6.07) is 7.68. The van der Waals surface area contributed by atoms with Crippen LogP contribution in [-0.4, -0.2) is 16.7 Å². The molecule has 0 aliphatic carbocycles. The van der Waals surface area contributed by atoms with Crippen molar-refractivity contribution in [1.29, 1.82) is 0 Å². The van der Waals surface area contributed by atoms with E-state index in [0.29, 0.717) is 6.42 Å². The van der Waals surface area contributed by atoms with Gasteiger partial charge in [-0.25, -0.2) is 4.98 Å². The molecule has 0 bridgehead atoms. The van der Waals surface area contributed by atoms with Gasteiger partial charge in [-0.05, 0) is 31.2 Å². The van der Waals surface area contributed by atoms with Crippen molar-refractivity contribution in [3.05, 3.63) is 34.8 Å². The monoisotopic (exact) mass is 234 g/mol. The van der Waals surface area contributed by atoms with E-state index < -0.39 is 0 Å². The Hall–Kier alpha value is -1.39. The van der Waals surface area contributed by atoms with Crippen LogP contribution < -0.4 is 5.73 Å². The molecule has 0 saturated carbocycles. The van der Waals surface area contributed by atoms with Crippen molar-refractivity contribution in [3.8, 4) is 10.6 Å². The van der Waals surface area contributed by atoms with Crippen molar-refractivity contribution in [2.24, 2.45) is 0 Å². The number of nitrogens with zero attached hydrogens (tertiary/aromatic N) is 1. The molecule has 0 radical (unpaired) electrons. The molecular weight excluding hydrogens is 220 g/mol. The van der Waals surface area contributed by atoms with Crippen molar-refractivity contribution in [3.63, 3.8) is 0 Å². The fourth-order valence-electron chi connectivity index (χ4n) is 1.51. The molecule has 1 aromatic heterocycles. The van der Waals surface area contributed by atoms with Gasteiger partial charge in [-0.2, -0.15) is 0 Å². The summed E-state index contributed by atoms with van der Waals surface area (Å²) in [4.78, 5) is 5.64. The molecule has 0 saturated heterocycles. The lowest BCUT2D eigenvalue weighted by Gasteiger charge is -1.96. The van der Waals surface area contributed by atoms with Crippen LogP contribution in [0, 0.1) is 6.92 Å². The molecule has 16 heavy (non-hydrogen) atoms. The number of aromatic nitrogens is 1. The highest BCUT2D eigenvalue weighted by Crippen LogP contribution is 2.28. The van der Waals surface area contributed by atoms with E-state index in [4.69, 9.17) is 10.8 Å². The molecule has 3 N–H and O–H groups in total. The summed E-state index contributed by atoms with van der Waals surface area (Å²) < 4.78 is 0. The highest BCUT2D eigenvalue weighted by atomic mass is 32.1.